The fraction of sp³-hybridized carbons (Fsp3) is 0.432. The molecule has 2 atom stereocenters. The Morgan fingerprint density at radius 1 is 0.896 bits per heavy atom. The Morgan fingerprint density at radius 3 is 2.38 bits per heavy atom. The molecule has 0 bridgehead atoms. The number of phenols is 1. The third-order valence-corrected chi connectivity index (χ3v) is 8.19. The van der Waals surface area contributed by atoms with E-state index in [9.17, 15) is 29.7 Å². The van der Waals surface area contributed by atoms with Crippen molar-refractivity contribution in [3.8, 4) is 5.75 Å². The van der Waals surface area contributed by atoms with Crippen LogP contribution in [0.3, 0.4) is 0 Å². The molecule has 3 amide bonds. The van der Waals surface area contributed by atoms with Gasteiger partial charge in [-0.1, -0.05) is 61.4 Å². The first-order chi connectivity index (χ1) is 23.3. The lowest BCUT2D eigenvalue weighted by atomic mass is 10.1. The van der Waals surface area contributed by atoms with E-state index in [0.29, 0.717) is 36.6 Å². The molecule has 0 saturated carbocycles. The molecule has 48 heavy (non-hydrogen) atoms. The highest BCUT2D eigenvalue weighted by Gasteiger charge is 2.48. The van der Waals surface area contributed by atoms with E-state index in [2.05, 4.69) is 5.32 Å². The number of carbonyl (C=O) groups is 3. The number of hydrogen-bond acceptors (Lipinski definition) is 9. The van der Waals surface area contributed by atoms with Crippen LogP contribution in [0, 0.1) is 0 Å². The minimum absolute atomic E-state index is 0.0222. The van der Waals surface area contributed by atoms with E-state index in [1.54, 1.807) is 18.2 Å². The van der Waals surface area contributed by atoms with Crippen molar-refractivity contribution in [1.82, 2.24) is 10.2 Å². The monoisotopic (exact) mass is 661 g/mol. The zero-order chi connectivity index (χ0) is 34.3. The van der Waals surface area contributed by atoms with E-state index in [1.807, 2.05) is 48.5 Å². The molecule has 0 spiro atoms. The Bertz CT molecular complexity index is 1480. The van der Waals surface area contributed by atoms with Gasteiger partial charge in [0.1, 0.15) is 5.75 Å². The van der Waals surface area contributed by atoms with E-state index < -0.39 is 30.2 Å². The van der Waals surface area contributed by atoms with Crippen molar-refractivity contribution in [2.45, 2.75) is 77.4 Å². The number of imide groups is 1. The third-order valence-electron chi connectivity index (χ3n) is 8.19. The summed E-state index contributed by atoms with van der Waals surface area (Å²) in [6.45, 7) is 3.60. The highest BCUT2D eigenvalue weighted by Crippen LogP contribution is 2.29. The Kier molecular flexibility index (Phi) is 14.4. The number of aryl methyl sites for hydroxylation is 1. The van der Waals surface area contributed by atoms with Crippen LogP contribution >= 0.6 is 0 Å². The van der Waals surface area contributed by atoms with E-state index in [4.69, 9.17) is 9.47 Å². The molecule has 11 nitrogen and oxygen atoms in total. The zero-order valence-electron chi connectivity index (χ0n) is 27.6. The van der Waals surface area contributed by atoms with Crippen LogP contribution < -0.4 is 10.2 Å². The number of urea groups is 1. The molecule has 1 unspecified atom stereocenters. The molecule has 0 aliphatic carbocycles. The number of carbonyl (C=O) groups excluding carboxylic acids is 3. The number of aliphatic hydroxyl groups is 2. The predicted molar refractivity (Wildman–Crippen MR) is 181 cm³/mol. The largest absolute Gasteiger partial charge is 0.508 e. The number of aromatic hydroxyl groups is 1. The average molecular weight is 662 g/mol. The minimum atomic E-state index is -1.34. The van der Waals surface area contributed by atoms with Gasteiger partial charge in [-0.15, -0.1) is 0 Å². The molecule has 3 aromatic carbocycles. The molecule has 3 aromatic rings. The van der Waals surface area contributed by atoms with Gasteiger partial charge >= 0.3 is 12.0 Å². The van der Waals surface area contributed by atoms with Crippen LogP contribution in [0.15, 0.2) is 72.8 Å². The summed E-state index contributed by atoms with van der Waals surface area (Å²) in [6.07, 6.45) is 4.60. The lowest BCUT2D eigenvalue weighted by molar-refractivity contribution is -0.154. The van der Waals surface area contributed by atoms with Crippen LogP contribution in [0.25, 0.3) is 0 Å². The second-order valence-electron chi connectivity index (χ2n) is 11.9. The second-order valence-corrected chi connectivity index (χ2v) is 11.9. The van der Waals surface area contributed by atoms with Crippen molar-refractivity contribution < 1.29 is 39.2 Å². The van der Waals surface area contributed by atoms with E-state index in [0.717, 1.165) is 67.5 Å². The molecule has 4 rings (SSSR count). The minimum Gasteiger partial charge on any atom is -0.508 e. The third kappa shape index (κ3) is 10.6. The van der Waals surface area contributed by atoms with Gasteiger partial charge < -0.3 is 30.1 Å². The van der Waals surface area contributed by atoms with Crippen molar-refractivity contribution in [2.24, 2.45) is 0 Å². The molecule has 258 valence electrons. The number of nitrogens with one attached hydrogen (secondary N) is 1. The van der Waals surface area contributed by atoms with Crippen LogP contribution in [0.5, 0.6) is 5.75 Å². The van der Waals surface area contributed by atoms with Crippen LogP contribution in [0.2, 0.25) is 0 Å². The van der Waals surface area contributed by atoms with Gasteiger partial charge in [0, 0.05) is 37.9 Å². The Labute approximate surface area is 282 Å². The highest BCUT2D eigenvalue weighted by molar-refractivity contribution is 6.14. The van der Waals surface area contributed by atoms with Crippen LogP contribution in [0.4, 0.5) is 10.5 Å². The number of anilines is 1. The first-order valence-corrected chi connectivity index (χ1v) is 16.6. The number of amides is 3. The summed E-state index contributed by atoms with van der Waals surface area (Å²) in [4.78, 5) is 40.8. The molecule has 4 N–H and O–H groups in total. The topological polar surface area (TPSA) is 149 Å². The maximum Gasteiger partial charge on any atom is 0.335 e. The molecule has 1 aliphatic heterocycles. The lowest BCUT2D eigenvalue weighted by Crippen LogP contribution is -2.38. The Morgan fingerprint density at radius 2 is 1.62 bits per heavy atom. The summed E-state index contributed by atoms with van der Waals surface area (Å²) in [5.41, 5.74) is 3.37. The number of unbranched alkanes of at least 4 members (excludes halogenated alkanes) is 4. The summed E-state index contributed by atoms with van der Waals surface area (Å²) in [6, 6.07) is 20.9. The maximum absolute atomic E-state index is 13.4. The molecule has 0 aromatic heterocycles. The van der Waals surface area contributed by atoms with Gasteiger partial charge in [0.2, 0.25) is 0 Å². The van der Waals surface area contributed by atoms with E-state index >= 15 is 0 Å². The fourth-order valence-electron chi connectivity index (χ4n) is 5.59. The van der Waals surface area contributed by atoms with Crippen molar-refractivity contribution in [3.63, 3.8) is 0 Å². The number of benzene rings is 3. The first-order valence-electron chi connectivity index (χ1n) is 16.6. The summed E-state index contributed by atoms with van der Waals surface area (Å²) >= 11 is 0. The summed E-state index contributed by atoms with van der Waals surface area (Å²) in [5.74, 6) is -1.19. The van der Waals surface area contributed by atoms with Gasteiger partial charge in [0.15, 0.2) is 0 Å². The molecular formula is C37H47N3O8. The summed E-state index contributed by atoms with van der Waals surface area (Å²) in [5, 5.41) is 32.5. The first kappa shape index (κ1) is 36.5. The maximum atomic E-state index is 13.4. The number of aliphatic hydroxyl groups excluding tert-OH is 2. The molecule has 1 saturated heterocycles. The van der Waals surface area contributed by atoms with Gasteiger partial charge in [-0.05, 0) is 79.6 Å². The van der Waals surface area contributed by atoms with Gasteiger partial charge in [-0.3, -0.25) is 14.5 Å². The van der Waals surface area contributed by atoms with Crippen molar-refractivity contribution >= 4 is 23.6 Å². The van der Waals surface area contributed by atoms with Crippen LogP contribution in [-0.4, -0.2) is 70.7 Å². The van der Waals surface area contributed by atoms with Crippen molar-refractivity contribution in [3.05, 3.63) is 95.1 Å². The average Bonchev–Trinajstić information content (AvgIpc) is 3.31. The number of rotatable bonds is 20. The molecule has 0 radical (unpaired) electrons. The van der Waals surface area contributed by atoms with Gasteiger partial charge in [-0.25, -0.2) is 9.69 Å². The normalized spacial score (nSPS) is 15.3. The van der Waals surface area contributed by atoms with Crippen LogP contribution in [0.1, 0.15) is 73.8 Å². The molecular weight excluding hydrogens is 614 g/mol. The van der Waals surface area contributed by atoms with E-state index in [-0.39, 0.29) is 18.9 Å². The molecule has 1 heterocycles. The quantitative estimate of drug-likeness (QED) is 0.0749. The van der Waals surface area contributed by atoms with Crippen molar-refractivity contribution in [2.75, 3.05) is 31.2 Å². The molecule has 1 aliphatic rings. The smallest absolute Gasteiger partial charge is 0.335 e. The highest BCUT2D eigenvalue weighted by atomic mass is 16.6. The summed E-state index contributed by atoms with van der Waals surface area (Å²) in [7, 11) is 0. The van der Waals surface area contributed by atoms with E-state index in [1.165, 1.54) is 17.9 Å². The number of esters is 1. The number of nitrogens with zero attached hydrogens (tertiary/aromatic N) is 2. The van der Waals surface area contributed by atoms with Crippen molar-refractivity contribution in [1.29, 1.82) is 0 Å². The second kappa shape index (κ2) is 18.9. The Balaban J connectivity index is 1.10. The Hall–Kier alpha value is -4.29. The summed E-state index contributed by atoms with van der Waals surface area (Å²) < 4.78 is 11.1. The SMILES string of the molecule is CC(=O)OC1C(=O)N(Cc2ccccc2)C(=O)N1c1cccc(CCCCOCCCCCCNC[C@H](O)c2ccc(O)c(CO)c2)c1. The van der Waals surface area contributed by atoms with Gasteiger partial charge in [0.25, 0.3) is 12.1 Å². The fourth-order valence-corrected chi connectivity index (χ4v) is 5.59. The standard InChI is InChI=1S/C37H47N3O8/c1-27(42)48-36-35(45)39(25-29-13-5-4-6-14-29)37(46)40(36)32-16-11-15-28(22-32)12-7-10-21-47-20-9-3-2-8-19-38-24-34(44)30-17-18-33(43)31(23-30)26-41/h4-6,11,13-18,22-23,34,36,38,41,43-44H,2-3,7-10,12,19-21,24-26H2,1H3/t34-,36?/m0/s1. The van der Waals surface area contributed by atoms with Gasteiger partial charge in [0.05, 0.1) is 19.3 Å². The zero-order valence-corrected chi connectivity index (χ0v) is 27.6. The number of hydrogen-bond donors (Lipinski definition) is 4. The number of ether oxygens (including phenoxy) is 2. The molecule has 11 heteroatoms. The van der Waals surface area contributed by atoms with Gasteiger partial charge in [-0.2, -0.15) is 0 Å². The van der Waals surface area contributed by atoms with Crippen LogP contribution in [-0.2, 0) is 38.6 Å². The lowest BCUT2D eigenvalue weighted by Gasteiger charge is -2.21. The molecule has 1 fully saturated rings. The predicted octanol–water partition coefficient (Wildman–Crippen LogP) is 4.97.